The smallest absolute Gasteiger partial charge is 0.242 e. The summed E-state index contributed by atoms with van der Waals surface area (Å²) in [4.78, 5) is 28.1. The quantitative estimate of drug-likeness (QED) is 0.670. The van der Waals surface area contributed by atoms with E-state index in [9.17, 15) is 9.59 Å². The van der Waals surface area contributed by atoms with Gasteiger partial charge in [0.25, 0.3) is 0 Å². The Labute approximate surface area is 187 Å². The van der Waals surface area contributed by atoms with Gasteiger partial charge in [-0.3, -0.25) is 9.59 Å². The van der Waals surface area contributed by atoms with E-state index >= 15 is 0 Å². The maximum atomic E-state index is 13.3. The molecule has 0 spiro atoms. The summed E-state index contributed by atoms with van der Waals surface area (Å²) in [6.07, 6.45) is 6.72. The highest BCUT2D eigenvalue weighted by atomic mass is 16.2. The Bertz CT molecular complexity index is 852. The molecule has 3 rings (SSSR count). The third-order valence-electron chi connectivity index (χ3n) is 6.24. The van der Waals surface area contributed by atoms with Crippen molar-refractivity contribution < 1.29 is 9.59 Å². The summed E-state index contributed by atoms with van der Waals surface area (Å²) < 4.78 is 0. The van der Waals surface area contributed by atoms with Crippen molar-refractivity contribution in [3.05, 3.63) is 70.8 Å². The van der Waals surface area contributed by atoms with Crippen LogP contribution in [0.1, 0.15) is 61.3 Å². The van der Waals surface area contributed by atoms with Gasteiger partial charge >= 0.3 is 0 Å². The molecule has 1 atom stereocenters. The average Bonchev–Trinajstić information content (AvgIpc) is 2.74. The minimum Gasteiger partial charge on any atom is -0.352 e. The van der Waals surface area contributed by atoms with Gasteiger partial charge in [0, 0.05) is 12.6 Å². The van der Waals surface area contributed by atoms with Gasteiger partial charge in [-0.1, -0.05) is 78.9 Å². The number of rotatable bonds is 8. The van der Waals surface area contributed by atoms with Crippen LogP contribution < -0.4 is 5.32 Å². The fourth-order valence-corrected chi connectivity index (χ4v) is 4.59. The highest BCUT2D eigenvalue weighted by Crippen LogP contribution is 2.18. The van der Waals surface area contributed by atoms with Crippen LogP contribution in [0, 0.1) is 13.8 Å². The molecule has 1 aliphatic rings. The van der Waals surface area contributed by atoms with Gasteiger partial charge in [-0.25, -0.2) is 0 Å². The molecule has 0 saturated heterocycles. The summed E-state index contributed by atoms with van der Waals surface area (Å²) in [5, 5.41) is 3.20. The molecule has 166 valence electrons. The van der Waals surface area contributed by atoms with Crippen LogP contribution in [0.25, 0.3) is 0 Å². The topological polar surface area (TPSA) is 49.4 Å². The van der Waals surface area contributed by atoms with E-state index in [2.05, 4.69) is 35.6 Å². The maximum Gasteiger partial charge on any atom is 0.242 e. The van der Waals surface area contributed by atoms with E-state index in [-0.39, 0.29) is 17.9 Å². The molecule has 1 N–H and O–H groups in total. The standard InChI is InChI=1S/C27H36N2O2/c1-20-16-21(2)18-24(17-20)19-26(30)29(15-14-23-10-6-4-7-11-23)22(3)27(31)28-25-12-8-5-9-13-25/h4,6-7,10-11,16-18,22,25H,5,8-9,12-15,19H2,1-3H3,(H,28,31)/t22-/m0/s1. The Morgan fingerprint density at radius 3 is 2.26 bits per heavy atom. The molecule has 4 nitrogen and oxygen atoms in total. The minimum absolute atomic E-state index is 0.00669. The molecule has 2 aromatic carbocycles. The fraction of sp³-hybridized carbons (Fsp3) is 0.481. The largest absolute Gasteiger partial charge is 0.352 e. The van der Waals surface area contributed by atoms with E-state index in [0.717, 1.165) is 36.0 Å². The number of aryl methyl sites for hydroxylation is 2. The Balaban J connectivity index is 1.72. The first-order chi connectivity index (χ1) is 14.9. The first kappa shape index (κ1) is 23.1. The van der Waals surface area contributed by atoms with Crippen molar-refractivity contribution in [2.45, 2.75) is 77.8 Å². The third kappa shape index (κ3) is 6.95. The van der Waals surface area contributed by atoms with Crippen molar-refractivity contribution in [3.8, 4) is 0 Å². The van der Waals surface area contributed by atoms with Crippen LogP contribution >= 0.6 is 0 Å². The van der Waals surface area contributed by atoms with Crippen LogP contribution in [0.5, 0.6) is 0 Å². The van der Waals surface area contributed by atoms with Crippen molar-refractivity contribution in [2.24, 2.45) is 0 Å². The SMILES string of the molecule is Cc1cc(C)cc(CC(=O)N(CCc2ccccc2)[C@@H](C)C(=O)NC2CCCCC2)c1. The Kier molecular flexibility index (Phi) is 8.27. The number of carbonyl (C=O) groups is 2. The highest BCUT2D eigenvalue weighted by Gasteiger charge is 2.27. The number of amides is 2. The van der Waals surface area contributed by atoms with Gasteiger partial charge in [-0.15, -0.1) is 0 Å². The van der Waals surface area contributed by atoms with E-state index in [1.807, 2.05) is 39.0 Å². The number of hydrogen-bond donors (Lipinski definition) is 1. The monoisotopic (exact) mass is 420 g/mol. The molecule has 0 radical (unpaired) electrons. The van der Waals surface area contributed by atoms with Gasteiger partial charge in [-0.05, 0) is 51.2 Å². The highest BCUT2D eigenvalue weighted by molar-refractivity contribution is 5.88. The van der Waals surface area contributed by atoms with Crippen LogP contribution in [-0.4, -0.2) is 35.3 Å². The summed E-state index contributed by atoms with van der Waals surface area (Å²) in [6, 6.07) is 16.2. The van der Waals surface area contributed by atoms with Gasteiger partial charge in [0.1, 0.15) is 6.04 Å². The molecule has 1 saturated carbocycles. The maximum absolute atomic E-state index is 13.3. The van der Waals surface area contributed by atoms with E-state index < -0.39 is 6.04 Å². The van der Waals surface area contributed by atoms with Crippen LogP contribution in [0.15, 0.2) is 48.5 Å². The Morgan fingerprint density at radius 2 is 1.61 bits per heavy atom. The summed E-state index contributed by atoms with van der Waals surface area (Å²) in [5.74, 6) is -0.0269. The third-order valence-corrected chi connectivity index (χ3v) is 6.24. The number of hydrogen-bond acceptors (Lipinski definition) is 2. The van der Waals surface area contributed by atoms with Crippen molar-refractivity contribution >= 4 is 11.8 Å². The number of carbonyl (C=O) groups excluding carboxylic acids is 2. The van der Waals surface area contributed by atoms with Crippen LogP contribution in [0.3, 0.4) is 0 Å². The predicted octanol–water partition coefficient (Wildman–Crippen LogP) is 4.75. The summed E-state index contributed by atoms with van der Waals surface area (Å²) in [5.41, 5.74) is 4.49. The normalized spacial score (nSPS) is 15.3. The van der Waals surface area contributed by atoms with Crippen LogP contribution in [-0.2, 0) is 22.4 Å². The summed E-state index contributed by atoms with van der Waals surface area (Å²) in [7, 11) is 0. The van der Waals surface area contributed by atoms with E-state index in [1.54, 1.807) is 4.90 Å². The van der Waals surface area contributed by atoms with E-state index in [1.165, 1.54) is 24.8 Å². The molecule has 0 aliphatic heterocycles. The van der Waals surface area contributed by atoms with Gasteiger partial charge < -0.3 is 10.2 Å². The van der Waals surface area contributed by atoms with Crippen molar-refractivity contribution in [1.29, 1.82) is 0 Å². The lowest BCUT2D eigenvalue weighted by Crippen LogP contribution is -2.51. The number of nitrogens with zero attached hydrogens (tertiary/aromatic N) is 1. The molecule has 0 heterocycles. The number of nitrogens with one attached hydrogen (secondary N) is 1. The lowest BCUT2D eigenvalue weighted by atomic mass is 9.95. The molecular formula is C27H36N2O2. The molecular weight excluding hydrogens is 384 g/mol. The molecule has 2 aromatic rings. The van der Waals surface area contributed by atoms with Crippen molar-refractivity contribution in [3.63, 3.8) is 0 Å². The van der Waals surface area contributed by atoms with E-state index in [4.69, 9.17) is 0 Å². The van der Waals surface area contributed by atoms with Gasteiger partial charge in [0.15, 0.2) is 0 Å². The van der Waals surface area contributed by atoms with Gasteiger partial charge in [-0.2, -0.15) is 0 Å². The zero-order chi connectivity index (χ0) is 22.2. The number of benzene rings is 2. The molecule has 1 aliphatic carbocycles. The lowest BCUT2D eigenvalue weighted by molar-refractivity contribution is -0.139. The molecule has 4 heteroatoms. The minimum atomic E-state index is -0.482. The Hall–Kier alpha value is -2.62. The van der Waals surface area contributed by atoms with Crippen molar-refractivity contribution in [1.82, 2.24) is 10.2 Å². The second-order valence-electron chi connectivity index (χ2n) is 9.01. The van der Waals surface area contributed by atoms with Gasteiger partial charge in [0.2, 0.25) is 11.8 Å². The molecule has 0 aromatic heterocycles. The zero-order valence-electron chi connectivity index (χ0n) is 19.2. The molecule has 1 fully saturated rings. The van der Waals surface area contributed by atoms with Crippen LogP contribution in [0.4, 0.5) is 0 Å². The predicted molar refractivity (Wildman–Crippen MR) is 126 cm³/mol. The molecule has 31 heavy (non-hydrogen) atoms. The summed E-state index contributed by atoms with van der Waals surface area (Å²) >= 11 is 0. The van der Waals surface area contributed by atoms with Crippen molar-refractivity contribution in [2.75, 3.05) is 6.54 Å². The molecule has 0 bridgehead atoms. The Morgan fingerprint density at radius 1 is 0.968 bits per heavy atom. The zero-order valence-corrected chi connectivity index (χ0v) is 19.2. The summed E-state index contributed by atoms with van der Waals surface area (Å²) in [6.45, 7) is 6.50. The van der Waals surface area contributed by atoms with Gasteiger partial charge in [0.05, 0.1) is 6.42 Å². The fourth-order valence-electron chi connectivity index (χ4n) is 4.59. The lowest BCUT2D eigenvalue weighted by Gasteiger charge is -2.31. The molecule has 0 unspecified atom stereocenters. The van der Waals surface area contributed by atoms with E-state index in [0.29, 0.717) is 13.0 Å². The first-order valence-corrected chi connectivity index (χ1v) is 11.6. The second kappa shape index (κ2) is 11.1. The average molecular weight is 421 g/mol. The molecule has 2 amide bonds. The van der Waals surface area contributed by atoms with Crippen LogP contribution in [0.2, 0.25) is 0 Å². The second-order valence-corrected chi connectivity index (χ2v) is 9.01. The first-order valence-electron chi connectivity index (χ1n) is 11.6.